The second-order valence-corrected chi connectivity index (χ2v) is 5.43. The zero-order valence-electron chi connectivity index (χ0n) is 11.4. The molecule has 0 radical (unpaired) electrons. The van der Waals surface area contributed by atoms with Crippen LogP contribution in [0.2, 0.25) is 0 Å². The number of methoxy groups -OCH3 is 2. The standard InChI is InChI=1S/C14H18BrNO3/c1-9(14(17)19-3)16-7-6-10-4-5-12(18-2)13(15)11(10)8-16/h4-5,9H,6-8H2,1-3H3. The van der Waals surface area contributed by atoms with Gasteiger partial charge in [0.15, 0.2) is 0 Å². The van der Waals surface area contributed by atoms with Crippen LogP contribution in [0, 0.1) is 0 Å². The van der Waals surface area contributed by atoms with Gasteiger partial charge >= 0.3 is 5.97 Å². The molecule has 1 unspecified atom stereocenters. The van der Waals surface area contributed by atoms with Crippen LogP contribution in [0.4, 0.5) is 0 Å². The molecule has 0 aromatic heterocycles. The lowest BCUT2D eigenvalue weighted by Crippen LogP contribution is -2.42. The van der Waals surface area contributed by atoms with Crippen molar-refractivity contribution >= 4 is 21.9 Å². The average Bonchev–Trinajstić information content (AvgIpc) is 2.46. The van der Waals surface area contributed by atoms with Crippen molar-refractivity contribution < 1.29 is 14.3 Å². The highest BCUT2D eigenvalue weighted by Crippen LogP contribution is 2.34. The van der Waals surface area contributed by atoms with E-state index in [1.165, 1.54) is 18.2 Å². The summed E-state index contributed by atoms with van der Waals surface area (Å²) in [6.07, 6.45) is 0.930. The first-order valence-electron chi connectivity index (χ1n) is 6.24. The molecule has 0 N–H and O–H groups in total. The summed E-state index contributed by atoms with van der Waals surface area (Å²) in [6.45, 7) is 3.47. The number of carbonyl (C=O) groups is 1. The molecular weight excluding hydrogens is 310 g/mol. The third-order valence-electron chi connectivity index (χ3n) is 3.64. The van der Waals surface area contributed by atoms with Crippen LogP contribution in [0.1, 0.15) is 18.1 Å². The Hall–Kier alpha value is -1.07. The molecule has 2 rings (SSSR count). The van der Waals surface area contributed by atoms with Crippen LogP contribution in [-0.2, 0) is 22.5 Å². The summed E-state index contributed by atoms with van der Waals surface area (Å²) in [5.41, 5.74) is 2.50. The van der Waals surface area contributed by atoms with Crippen molar-refractivity contribution in [2.24, 2.45) is 0 Å². The highest BCUT2D eigenvalue weighted by atomic mass is 79.9. The molecule has 1 aliphatic heterocycles. The molecule has 1 aromatic rings. The number of carbonyl (C=O) groups excluding carboxylic acids is 1. The van der Waals surface area contributed by atoms with Gasteiger partial charge in [0.05, 0.1) is 18.7 Å². The normalized spacial score (nSPS) is 16.6. The molecule has 0 aliphatic carbocycles. The lowest BCUT2D eigenvalue weighted by molar-refractivity contribution is -0.146. The van der Waals surface area contributed by atoms with Gasteiger partial charge in [-0.05, 0) is 46.5 Å². The summed E-state index contributed by atoms with van der Waals surface area (Å²) in [4.78, 5) is 13.8. The maximum Gasteiger partial charge on any atom is 0.322 e. The summed E-state index contributed by atoms with van der Waals surface area (Å²) in [7, 11) is 3.08. The van der Waals surface area contributed by atoms with Crippen molar-refractivity contribution in [2.45, 2.75) is 25.9 Å². The average molecular weight is 328 g/mol. The SMILES string of the molecule is COC(=O)C(C)N1CCc2ccc(OC)c(Br)c2C1. The van der Waals surface area contributed by atoms with Crippen LogP contribution >= 0.6 is 15.9 Å². The lowest BCUT2D eigenvalue weighted by atomic mass is 9.98. The van der Waals surface area contributed by atoms with Crippen LogP contribution in [0.25, 0.3) is 0 Å². The predicted octanol–water partition coefficient (Wildman–Crippen LogP) is 2.38. The molecule has 0 saturated carbocycles. The first kappa shape index (κ1) is 14.3. The molecule has 4 nitrogen and oxygen atoms in total. The third-order valence-corrected chi connectivity index (χ3v) is 4.51. The zero-order valence-corrected chi connectivity index (χ0v) is 13.0. The van der Waals surface area contributed by atoms with Crippen molar-refractivity contribution in [1.29, 1.82) is 0 Å². The topological polar surface area (TPSA) is 38.8 Å². The molecule has 0 bridgehead atoms. The van der Waals surface area contributed by atoms with E-state index in [1.54, 1.807) is 7.11 Å². The number of rotatable bonds is 3. The maximum atomic E-state index is 11.6. The number of hydrogen-bond acceptors (Lipinski definition) is 4. The van der Waals surface area contributed by atoms with E-state index in [0.717, 1.165) is 29.7 Å². The summed E-state index contributed by atoms with van der Waals surface area (Å²) in [5.74, 6) is 0.633. The van der Waals surface area contributed by atoms with E-state index >= 15 is 0 Å². The van der Waals surface area contributed by atoms with Crippen molar-refractivity contribution in [1.82, 2.24) is 4.90 Å². The van der Waals surface area contributed by atoms with Crippen LogP contribution in [-0.4, -0.2) is 37.7 Å². The molecule has 1 aromatic carbocycles. The lowest BCUT2D eigenvalue weighted by Gasteiger charge is -2.33. The fraction of sp³-hybridized carbons (Fsp3) is 0.500. The van der Waals surface area contributed by atoms with Gasteiger partial charge < -0.3 is 9.47 Å². The molecule has 19 heavy (non-hydrogen) atoms. The van der Waals surface area contributed by atoms with E-state index in [2.05, 4.69) is 26.9 Å². The van der Waals surface area contributed by atoms with E-state index < -0.39 is 0 Å². The third kappa shape index (κ3) is 2.77. The summed E-state index contributed by atoms with van der Waals surface area (Å²) >= 11 is 3.59. The molecule has 0 fully saturated rings. The maximum absolute atomic E-state index is 11.6. The molecule has 1 heterocycles. The predicted molar refractivity (Wildman–Crippen MR) is 76.3 cm³/mol. The zero-order chi connectivity index (χ0) is 14.0. The van der Waals surface area contributed by atoms with Crippen molar-refractivity contribution in [3.05, 3.63) is 27.7 Å². The molecule has 1 aliphatic rings. The Balaban J connectivity index is 2.25. The molecule has 1 atom stereocenters. The molecule has 104 valence electrons. The van der Waals surface area contributed by atoms with Crippen molar-refractivity contribution in [3.8, 4) is 5.75 Å². The van der Waals surface area contributed by atoms with E-state index in [4.69, 9.17) is 9.47 Å². The minimum absolute atomic E-state index is 0.192. The largest absolute Gasteiger partial charge is 0.496 e. The highest BCUT2D eigenvalue weighted by Gasteiger charge is 2.27. The Bertz CT molecular complexity index is 490. The quantitative estimate of drug-likeness (QED) is 0.799. The number of nitrogens with zero attached hydrogens (tertiary/aromatic N) is 1. The number of fused-ring (bicyclic) bond motifs is 1. The number of halogens is 1. The van der Waals surface area contributed by atoms with Gasteiger partial charge in [0.2, 0.25) is 0 Å². The van der Waals surface area contributed by atoms with Crippen LogP contribution in [0.5, 0.6) is 5.75 Å². The first-order valence-corrected chi connectivity index (χ1v) is 7.04. The highest BCUT2D eigenvalue weighted by molar-refractivity contribution is 9.10. The molecule has 0 spiro atoms. The van der Waals surface area contributed by atoms with Crippen molar-refractivity contribution in [2.75, 3.05) is 20.8 Å². The second-order valence-electron chi connectivity index (χ2n) is 4.64. The van der Waals surface area contributed by atoms with Gasteiger partial charge in [-0.15, -0.1) is 0 Å². The molecular formula is C14H18BrNO3. The number of esters is 1. The van der Waals surface area contributed by atoms with Crippen LogP contribution < -0.4 is 4.74 Å². The van der Waals surface area contributed by atoms with Gasteiger partial charge in [0.25, 0.3) is 0 Å². The monoisotopic (exact) mass is 327 g/mol. The van der Waals surface area contributed by atoms with Gasteiger partial charge in [-0.25, -0.2) is 0 Å². The number of ether oxygens (including phenoxy) is 2. The van der Waals surface area contributed by atoms with E-state index in [0.29, 0.717) is 0 Å². The van der Waals surface area contributed by atoms with Gasteiger partial charge in [0.1, 0.15) is 11.8 Å². The fourth-order valence-electron chi connectivity index (χ4n) is 2.40. The van der Waals surface area contributed by atoms with Gasteiger partial charge in [0, 0.05) is 13.1 Å². The number of hydrogen-bond donors (Lipinski definition) is 0. The van der Waals surface area contributed by atoms with Crippen LogP contribution in [0.3, 0.4) is 0 Å². The summed E-state index contributed by atoms with van der Waals surface area (Å²) in [6, 6.07) is 3.85. The molecule has 0 saturated heterocycles. The minimum atomic E-state index is -0.226. The first-order chi connectivity index (χ1) is 9.08. The van der Waals surface area contributed by atoms with Gasteiger partial charge in [-0.3, -0.25) is 9.69 Å². The Kier molecular flexibility index (Phi) is 4.47. The Morgan fingerprint density at radius 3 is 2.79 bits per heavy atom. The second kappa shape index (κ2) is 5.92. The summed E-state index contributed by atoms with van der Waals surface area (Å²) < 4.78 is 11.1. The van der Waals surface area contributed by atoms with Crippen LogP contribution in [0.15, 0.2) is 16.6 Å². The van der Waals surface area contributed by atoms with Gasteiger partial charge in [-0.2, -0.15) is 0 Å². The molecule has 0 amide bonds. The smallest absolute Gasteiger partial charge is 0.322 e. The van der Waals surface area contributed by atoms with E-state index in [1.807, 2.05) is 13.0 Å². The Morgan fingerprint density at radius 2 is 2.16 bits per heavy atom. The Labute approximate surface area is 121 Å². The molecule has 5 heteroatoms. The summed E-state index contributed by atoms with van der Waals surface area (Å²) in [5, 5.41) is 0. The fourth-order valence-corrected chi connectivity index (χ4v) is 3.07. The number of benzene rings is 1. The van der Waals surface area contributed by atoms with Gasteiger partial charge in [-0.1, -0.05) is 6.07 Å². The minimum Gasteiger partial charge on any atom is -0.496 e. The van der Waals surface area contributed by atoms with E-state index in [9.17, 15) is 4.79 Å². The Morgan fingerprint density at radius 1 is 1.42 bits per heavy atom. The van der Waals surface area contributed by atoms with Crippen molar-refractivity contribution in [3.63, 3.8) is 0 Å². The van der Waals surface area contributed by atoms with E-state index in [-0.39, 0.29) is 12.0 Å².